The van der Waals surface area contributed by atoms with Crippen LogP contribution in [0.2, 0.25) is 0 Å². The van der Waals surface area contributed by atoms with Gasteiger partial charge in [0.15, 0.2) is 5.96 Å². The maximum Gasteiger partial charge on any atom is 0.191 e. The van der Waals surface area contributed by atoms with E-state index >= 15 is 0 Å². The monoisotopic (exact) mass is 495 g/mol. The van der Waals surface area contributed by atoms with Gasteiger partial charge in [0.1, 0.15) is 5.01 Å². The van der Waals surface area contributed by atoms with E-state index in [1.165, 1.54) is 0 Å². The maximum atomic E-state index is 4.72. The van der Waals surface area contributed by atoms with Crippen molar-refractivity contribution < 1.29 is 0 Å². The van der Waals surface area contributed by atoms with Crippen LogP contribution < -0.4 is 10.6 Å². The Balaban J connectivity index is 0.00000261. The van der Waals surface area contributed by atoms with Crippen LogP contribution in [0.3, 0.4) is 0 Å². The van der Waals surface area contributed by atoms with Crippen LogP contribution >= 0.6 is 35.3 Å². The van der Waals surface area contributed by atoms with E-state index in [1.807, 2.05) is 12.3 Å². The standard InChI is InChI=1S/C20H25N5S.HI/c1-4-21-20(24-12-18-25-17(13-26-18)14(2)3)23-11-16-8-5-7-15-9-6-10-22-19(15)16;/h5-10,13-14H,4,11-12H2,1-3H3,(H2,21,23,24);1H. The van der Waals surface area contributed by atoms with Crippen LogP contribution in [-0.2, 0) is 13.1 Å². The first-order valence-electron chi connectivity index (χ1n) is 8.96. The minimum atomic E-state index is 0. The van der Waals surface area contributed by atoms with Crippen LogP contribution in [0.25, 0.3) is 10.9 Å². The summed E-state index contributed by atoms with van der Waals surface area (Å²) in [4.78, 5) is 13.9. The van der Waals surface area contributed by atoms with Gasteiger partial charge in [-0.3, -0.25) is 4.98 Å². The van der Waals surface area contributed by atoms with Gasteiger partial charge in [0, 0.05) is 23.5 Å². The summed E-state index contributed by atoms with van der Waals surface area (Å²) in [5, 5.41) is 11.0. The van der Waals surface area contributed by atoms with Crippen LogP contribution in [0.5, 0.6) is 0 Å². The Bertz CT molecular complexity index is 885. The number of thiazole rings is 1. The van der Waals surface area contributed by atoms with E-state index in [0.29, 0.717) is 19.0 Å². The zero-order chi connectivity index (χ0) is 18.4. The predicted octanol–water partition coefficient (Wildman–Crippen LogP) is 4.69. The lowest BCUT2D eigenvalue weighted by atomic mass is 10.1. The van der Waals surface area contributed by atoms with E-state index in [4.69, 9.17) is 4.99 Å². The van der Waals surface area contributed by atoms with Gasteiger partial charge < -0.3 is 10.6 Å². The number of guanidine groups is 1. The van der Waals surface area contributed by atoms with Crippen molar-refractivity contribution in [1.29, 1.82) is 0 Å². The molecule has 3 aromatic rings. The number of aromatic nitrogens is 2. The molecule has 0 bridgehead atoms. The lowest BCUT2D eigenvalue weighted by Crippen LogP contribution is -2.36. The van der Waals surface area contributed by atoms with Gasteiger partial charge in [-0.1, -0.05) is 38.1 Å². The average molecular weight is 495 g/mol. The van der Waals surface area contributed by atoms with Crippen LogP contribution in [0, 0.1) is 0 Å². The number of benzene rings is 1. The summed E-state index contributed by atoms with van der Waals surface area (Å²) in [6, 6.07) is 10.2. The first-order valence-corrected chi connectivity index (χ1v) is 9.84. The van der Waals surface area contributed by atoms with E-state index in [1.54, 1.807) is 11.3 Å². The molecule has 0 spiro atoms. The molecular formula is C20H26IN5S. The van der Waals surface area contributed by atoms with Gasteiger partial charge in [0.05, 0.1) is 24.3 Å². The molecule has 0 atom stereocenters. The summed E-state index contributed by atoms with van der Waals surface area (Å²) in [6.45, 7) is 8.47. The summed E-state index contributed by atoms with van der Waals surface area (Å²) in [7, 11) is 0. The number of para-hydroxylation sites is 1. The summed E-state index contributed by atoms with van der Waals surface area (Å²) < 4.78 is 0. The molecule has 0 saturated carbocycles. The number of pyridine rings is 1. The fourth-order valence-corrected chi connectivity index (χ4v) is 3.53. The molecule has 27 heavy (non-hydrogen) atoms. The Morgan fingerprint density at radius 1 is 1.19 bits per heavy atom. The third-order valence-corrected chi connectivity index (χ3v) is 4.90. The van der Waals surface area contributed by atoms with E-state index in [9.17, 15) is 0 Å². The lowest BCUT2D eigenvalue weighted by Gasteiger charge is -2.10. The number of halogens is 1. The van der Waals surface area contributed by atoms with Crippen LogP contribution in [-0.4, -0.2) is 22.5 Å². The summed E-state index contributed by atoms with van der Waals surface area (Å²) in [5.74, 6) is 1.25. The molecular weight excluding hydrogens is 469 g/mol. The van der Waals surface area contributed by atoms with Gasteiger partial charge in [-0.25, -0.2) is 9.98 Å². The highest BCUT2D eigenvalue weighted by Crippen LogP contribution is 2.18. The Morgan fingerprint density at radius 3 is 2.74 bits per heavy atom. The van der Waals surface area contributed by atoms with Gasteiger partial charge in [-0.05, 0) is 24.5 Å². The highest BCUT2D eigenvalue weighted by molar-refractivity contribution is 14.0. The summed E-state index contributed by atoms with van der Waals surface area (Å²) in [5.41, 5.74) is 3.28. The number of hydrogen-bond donors (Lipinski definition) is 2. The Labute approximate surface area is 181 Å². The number of aliphatic imine (C=N–C) groups is 1. The zero-order valence-electron chi connectivity index (χ0n) is 15.9. The average Bonchev–Trinajstić information content (AvgIpc) is 3.13. The SMILES string of the molecule is CCNC(=NCc1cccc2cccnc12)NCc1nc(C(C)C)cs1.I. The summed E-state index contributed by atoms with van der Waals surface area (Å²) >= 11 is 1.69. The molecule has 0 unspecified atom stereocenters. The molecule has 0 fully saturated rings. The first kappa shape index (κ1) is 21.6. The highest BCUT2D eigenvalue weighted by atomic mass is 127. The fourth-order valence-electron chi connectivity index (χ4n) is 2.63. The molecule has 0 aliphatic heterocycles. The number of hydrogen-bond acceptors (Lipinski definition) is 4. The molecule has 2 heterocycles. The van der Waals surface area contributed by atoms with Gasteiger partial charge in [0.2, 0.25) is 0 Å². The van der Waals surface area contributed by atoms with E-state index in [0.717, 1.165) is 39.7 Å². The van der Waals surface area contributed by atoms with E-state index < -0.39 is 0 Å². The van der Waals surface area contributed by atoms with Gasteiger partial charge in [0.25, 0.3) is 0 Å². The van der Waals surface area contributed by atoms with Crippen LogP contribution in [0.1, 0.15) is 43.0 Å². The van der Waals surface area contributed by atoms with Crippen molar-refractivity contribution in [2.75, 3.05) is 6.54 Å². The van der Waals surface area contributed by atoms with Crippen LogP contribution in [0.4, 0.5) is 0 Å². The van der Waals surface area contributed by atoms with Crippen molar-refractivity contribution in [3.05, 3.63) is 58.2 Å². The van der Waals surface area contributed by atoms with Crippen molar-refractivity contribution in [3.8, 4) is 0 Å². The van der Waals surface area contributed by atoms with Gasteiger partial charge >= 0.3 is 0 Å². The molecule has 7 heteroatoms. The number of fused-ring (bicyclic) bond motifs is 1. The second-order valence-corrected chi connectivity index (χ2v) is 7.30. The highest BCUT2D eigenvalue weighted by Gasteiger charge is 2.07. The van der Waals surface area contributed by atoms with E-state index in [-0.39, 0.29) is 24.0 Å². The maximum absolute atomic E-state index is 4.72. The quantitative estimate of drug-likeness (QED) is 0.296. The molecule has 0 aliphatic rings. The van der Waals surface area contributed by atoms with Crippen LogP contribution in [0.15, 0.2) is 46.9 Å². The third kappa shape index (κ3) is 5.87. The van der Waals surface area contributed by atoms with Crippen molar-refractivity contribution >= 4 is 52.2 Å². The topological polar surface area (TPSA) is 62.2 Å². The first-order chi connectivity index (χ1) is 12.7. The van der Waals surface area contributed by atoms with Crippen molar-refractivity contribution in [1.82, 2.24) is 20.6 Å². The molecule has 3 rings (SSSR count). The second-order valence-electron chi connectivity index (χ2n) is 6.36. The Morgan fingerprint density at radius 2 is 2.00 bits per heavy atom. The molecule has 0 aliphatic carbocycles. The Hall–Kier alpha value is -1.74. The summed E-state index contributed by atoms with van der Waals surface area (Å²) in [6.07, 6.45) is 1.83. The fraction of sp³-hybridized carbons (Fsp3) is 0.350. The van der Waals surface area contributed by atoms with Crippen molar-refractivity contribution in [2.45, 2.75) is 39.8 Å². The minimum Gasteiger partial charge on any atom is -0.357 e. The zero-order valence-corrected chi connectivity index (χ0v) is 19.0. The van der Waals surface area contributed by atoms with Crippen molar-refractivity contribution in [2.24, 2.45) is 4.99 Å². The number of rotatable bonds is 6. The normalized spacial score (nSPS) is 11.5. The molecule has 2 aromatic heterocycles. The smallest absolute Gasteiger partial charge is 0.191 e. The number of nitrogens with one attached hydrogen (secondary N) is 2. The molecule has 0 amide bonds. The van der Waals surface area contributed by atoms with E-state index in [2.05, 4.69) is 71.0 Å². The molecule has 144 valence electrons. The molecule has 5 nitrogen and oxygen atoms in total. The van der Waals surface area contributed by atoms with Gasteiger partial charge in [-0.2, -0.15) is 0 Å². The third-order valence-electron chi connectivity index (χ3n) is 4.04. The minimum absolute atomic E-state index is 0. The Kier molecular flexibility index (Phi) is 8.43. The predicted molar refractivity (Wildman–Crippen MR) is 125 cm³/mol. The second kappa shape index (κ2) is 10.6. The molecule has 1 aromatic carbocycles. The molecule has 0 saturated heterocycles. The number of nitrogens with zero attached hydrogens (tertiary/aromatic N) is 3. The largest absolute Gasteiger partial charge is 0.357 e. The molecule has 0 radical (unpaired) electrons. The van der Waals surface area contributed by atoms with Crippen molar-refractivity contribution in [3.63, 3.8) is 0 Å². The molecule has 2 N–H and O–H groups in total. The van der Waals surface area contributed by atoms with Gasteiger partial charge in [-0.15, -0.1) is 35.3 Å². The lowest BCUT2D eigenvalue weighted by molar-refractivity contribution is 0.788.